The molecule has 0 heterocycles. The fourth-order valence-electron chi connectivity index (χ4n) is 6.42. The highest BCUT2D eigenvalue weighted by atomic mass is 16.5. The lowest BCUT2D eigenvalue weighted by molar-refractivity contribution is -0.140. The predicted octanol–water partition coefficient (Wildman–Crippen LogP) is 5.34. The number of rotatable bonds is 5. The van der Waals surface area contributed by atoms with E-state index in [1.54, 1.807) is 0 Å². The maximum Gasteiger partial charge on any atom is 0.335 e. The Morgan fingerprint density at radius 1 is 0.765 bits per heavy atom. The molecule has 0 atom stereocenters. The summed E-state index contributed by atoms with van der Waals surface area (Å²) < 4.78 is 10.6. The Kier molecular flexibility index (Phi) is 5.20. The number of carbonyl (C=O) groups is 2. The predicted molar refractivity (Wildman–Crippen MR) is 130 cm³/mol. The SMILES string of the molecule is COC(=O)C1=C(C(=O)OC)C2(C(C)(C)Cc3ccccc3)c3ccccc3C1c1ccccc12. The van der Waals surface area contributed by atoms with E-state index in [0.29, 0.717) is 17.6 Å². The van der Waals surface area contributed by atoms with Crippen molar-refractivity contribution < 1.29 is 19.1 Å². The number of benzene rings is 3. The van der Waals surface area contributed by atoms with E-state index in [4.69, 9.17) is 9.47 Å². The molecule has 3 aromatic carbocycles. The van der Waals surface area contributed by atoms with E-state index in [-0.39, 0.29) is 5.92 Å². The molecule has 0 aromatic heterocycles. The van der Waals surface area contributed by atoms with Gasteiger partial charge in [0.2, 0.25) is 0 Å². The van der Waals surface area contributed by atoms with Crippen molar-refractivity contribution in [3.8, 4) is 0 Å². The van der Waals surface area contributed by atoms with E-state index < -0.39 is 22.8 Å². The normalized spacial score (nSPS) is 20.4. The van der Waals surface area contributed by atoms with Crippen LogP contribution in [0.1, 0.15) is 47.6 Å². The summed E-state index contributed by atoms with van der Waals surface area (Å²) in [6, 6.07) is 26.6. The smallest absolute Gasteiger partial charge is 0.335 e. The quantitative estimate of drug-likeness (QED) is 0.490. The van der Waals surface area contributed by atoms with Crippen molar-refractivity contribution in [1.82, 2.24) is 0 Å². The zero-order valence-electron chi connectivity index (χ0n) is 19.9. The Labute approximate surface area is 200 Å². The minimum Gasteiger partial charge on any atom is -0.466 e. The van der Waals surface area contributed by atoms with Crippen molar-refractivity contribution in [3.63, 3.8) is 0 Å². The highest BCUT2D eigenvalue weighted by Gasteiger charge is 2.63. The van der Waals surface area contributed by atoms with Gasteiger partial charge in [-0.05, 0) is 39.7 Å². The first-order valence-corrected chi connectivity index (χ1v) is 11.5. The van der Waals surface area contributed by atoms with Crippen LogP contribution in [0.5, 0.6) is 0 Å². The molecule has 4 nitrogen and oxygen atoms in total. The van der Waals surface area contributed by atoms with Crippen molar-refractivity contribution in [2.45, 2.75) is 31.6 Å². The Hall–Kier alpha value is -3.66. The van der Waals surface area contributed by atoms with Gasteiger partial charge in [0.25, 0.3) is 0 Å². The van der Waals surface area contributed by atoms with Crippen molar-refractivity contribution in [2.24, 2.45) is 5.41 Å². The van der Waals surface area contributed by atoms with Crippen LogP contribution in [-0.2, 0) is 30.9 Å². The first-order valence-electron chi connectivity index (χ1n) is 11.5. The summed E-state index contributed by atoms with van der Waals surface area (Å²) >= 11 is 0. The van der Waals surface area contributed by atoms with Gasteiger partial charge in [-0.3, -0.25) is 0 Å². The molecule has 0 saturated carbocycles. The fraction of sp³-hybridized carbons (Fsp3) is 0.267. The molecule has 0 unspecified atom stereocenters. The zero-order chi connectivity index (χ0) is 24.1. The maximum absolute atomic E-state index is 13.6. The molecular weight excluding hydrogens is 424 g/mol. The molecule has 0 radical (unpaired) electrons. The molecule has 3 aliphatic carbocycles. The standard InChI is InChI=1S/C30H28O4/c1-29(2,18-19-12-6-5-7-13-19)30-22-16-10-8-14-20(22)24(21-15-9-11-17-23(21)30)25(27(31)33-3)26(30)28(32)34-4/h5-17,24H,18H2,1-4H3. The van der Waals surface area contributed by atoms with Gasteiger partial charge in [0.1, 0.15) is 0 Å². The summed E-state index contributed by atoms with van der Waals surface area (Å²) in [7, 11) is 2.74. The molecule has 34 heavy (non-hydrogen) atoms. The van der Waals surface area contributed by atoms with E-state index in [2.05, 4.69) is 50.2 Å². The molecule has 0 fully saturated rings. The molecule has 6 rings (SSSR count). The van der Waals surface area contributed by atoms with Gasteiger partial charge in [-0.15, -0.1) is 0 Å². The number of ether oxygens (including phenoxy) is 2. The summed E-state index contributed by atoms with van der Waals surface area (Å²) in [5, 5.41) is 0. The summed E-state index contributed by atoms with van der Waals surface area (Å²) in [6.45, 7) is 4.36. The van der Waals surface area contributed by atoms with E-state index in [1.165, 1.54) is 14.2 Å². The summed E-state index contributed by atoms with van der Waals surface area (Å²) in [5.41, 5.74) is 4.70. The fourth-order valence-corrected chi connectivity index (χ4v) is 6.42. The van der Waals surface area contributed by atoms with Crippen LogP contribution in [0.15, 0.2) is 90.0 Å². The van der Waals surface area contributed by atoms with Gasteiger partial charge in [0.15, 0.2) is 0 Å². The summed E-state index contributed by atoms with van der Waals surface area (Å²) in [5.74, 6) is -1.37. The highest BCUT2D eigenvalue weighted by Crippen LogP contribution is 2.65. The number of hydrogen-bond acceptors (Lipinski definition) is 4. The van der Waals surface area contributed by atoms with Gasteiger partial charge in [-0.1, -0.05) is 92.7 Å². The van der Waals surface area contributed by atoms with Gasteiger partial charge in [0.05, 0.1) is 30.8 Å². The first-order chi connectivity index (χ1) is 16.4. The van der Waals surface area contributed by atoms with Crippen LogP contribution in [0, 0.1) is 5.41 Å². The molecule has 0 N–H and O–H groups in total. The number of methoxy groups -OCH3 is 2. The average Bonchev–Trinajstić information content (AvgIpc) is 2.87. The third-order valence-electron chi connectivity index (χ3n) is 7.58. The van der Waals surface area contributed by atoms with Gasteiger partial charge < -0.3 is 9.47 Å². The second-order valence-electron chi connectivity index (χ2n) is 9.68. The molecule has 0 saturated heterocycles. The van der Waals surface area contributed by atoms with Crippen molar-refractivity contribution in [1.29, 1.82) is 0 Å². The third kappa shape index (κ3) is 2.84. The Morgan fingerprint density at radius 3 is 1.79 bits per heavy atom. The van der Waals surface area contributed by atoms with Crippen LogP contribution in [0.3, 0.4) is 0 Å². The average molecular weight is 453 g/mol. The minimum atomic E-state index is -0.901. The number of esters is 2. The lowest BCUT2D eigenvalue weighted by Crippen LogP contribution is -2.55. The number of hydrogen-bond donors (Lipinski definition) is 0. The van der Waals surface area contributed by atoms with Gasteiger partial charge >= 0.3 is 11.9 Å². The van der Waals surface area contributed by atoms with Crippen molar-refractivity contribution in [3.05, 3.63) is 118 Å². The molecule has 3 aliphatic rings. The Bertz CT molecular complexity index is 1270. The highest BCUT2D eigenvalue weighted by molar-refractivity contribution is 6.07. The van der Waals surface area contributed by atoms with Crippen LogP contribution in [0.4, 0.5) is 0 Å². The Balaban J connectivity index is 1.94. The van der Waals surface area contributed by atoms with Gasteiger partial charge in [0, 0.05) is 5.92 Å². The molecule has 2 bridgehead atoms. The molecule has 4 heteroatoms. The second kappa shape index (κ2) is 7.98. The third-order valence-corrected chi connectivity index (χ3v) is 7.58. The molecule has 0 amide bonds. The van der Waals surface area contributed by atoms with Crippen molar-refractivity contribution in [2.75, 3.05) is 14.2 Å². The molecule has 0 spiro atoms. The van der Waals surface area contributed by atoms with E-state index >= 15 is 0 Å². The molecule has 3 aromatic rings. The van der Waals surface area contributed by atoms with Crippen LogP contribution in [0.2, 0.25) is 0 Å². The van der Waals surface area contributed by atoms with Crippen molar-refractivity contribution >= 4 is 11.9 Å². The maximum atomic E-state index is 13.6. The zero-order valence-corrected chi connectivity index (χ0v) is 19.9. The van der Waals surface area contributed by atoms with E-state index in [0.717, 1.165) is 27.8 Å². The lowest BCUT2D eigenvalue weighted by atomic mass is 9.44. The van der Waals surface area contributed by atoms with Crippen LogP contribution in [0.25, 0.3) is 0 Å². The number of carbonyl (C=O) groups excluding carboxylic acids is 2. The van der Waals surface area contributed by atoms with Crippen LogP contribution < -0.4 is 0 Å². The van der Waals surface area contributed by atoms with E-state index in [1.807, 2.05) is 42.5 Å². The van der Waals surface area contributed by atoms with E-state index in [9.17, 15) is 9.59 Å². The molecular formula is C30H28O4. The Morgan fingerprint density at radius 2 is 1.26 bits per heavy atom. The lowest BCUT2D eigenvalue weighted by Gasteiger charge is -2.57. The topological polar surface area (TPSA) is 52.6 Å². The van der Waals surface area contributed by atoms with Gasteiger partial charge in [-0.2, -0.15) is 0 Å². The summed E-state index contributed by atoms with van der Waals surface area (Å²) in [4.78, 5) is 27.0. The minimum absolute atomic E-state index is 0.382. The molecule has 172 valence electrons. The van der Waals surface area contributed by atoms with Crippen LogP contribution in [-0.4, -0.2) is 26.2 Å². The first kappa shape index (κ1) is 22.1. The monoisotopic (exact) mass is 452 g/mol. The summed E-state index contributed by atoms with van der Waals surface area (Å²) in [6.07, 6.45) is 0.691. The molecule has 0 aliphatic heterocycles. The second-order valence-corrected chi connectivity index (χ2v) is 9.68. The van der Waals surface area contributed by atoms with Crippen LogP contribution >= 0.6 is 0 Å². The van der Waals surface area contributed by atoms with Gasteiger partial charge in [-0.25, -0.2) is 9.59 Å². The largest absolute Gasteiger partial charge is 0.466 e.